The highest BCUT2D eigenvalue weighted by Crippen LogP contribution is 2.11. The van der Waals surface area contributed by atoms with Crippen molar-refractivity contribution in [2.24, 2.45) is 10.1 Å². The summed E-state index contributed by atoms with van der Waals surface area (Å²) >= 11 is 6.26. The number of para-hydroxylation sites is 1. The second-order valence-electron chi connectivity index (χ2n) is 6.63. The Morgan fingerprint density at radius 1 is 1.00 bits per heavy atom. The standard InChI is InChI=1S/C23H19N5OS2/c29-23-26-21(28-13-11-18(12-14-28)15-17-7-3-1-4-8-17)20(31-23)16-24-27-22(30)25-19-9-5-2-6-10-19/h1-14,16H,15H2,(H2-,24,25,26,27,29,30). The number of nitrogens with one attached hydrogen (secondary N) is 2. The molecule has 0 bridgehead atoms. The lowest BCUT2D eigenvalue weighted by molar-refractivity contribution is -0.599. The number of aromatic nitrogens is 2. The highest BCUT2D eigenvalue weighted by molar-refractivity contribution is 7.77. The van der Waals surface area contributed by atoms with E-state index in [9.17, 15) is 4.79 Å². The topological polar surface area (TPSA) is 73.5 Å². The summed E-state index contributed by atoms with van der Waals surface area (Å²) in [5.41, 5.74) is 5.90. The predicted molar refractivity (Wildman–Crippen MR) is 127 cm³/mol. The van der Waals surface area contributed by atoms with Crippen LogP contribution in [0, 0.1) is 0 Å². The zero-order valence-corrected chi connectivity index (χ0v) is 18.1. The number of H-pyrrole nitrogens is 1. The average molecular weight is 446 g/mol. The van der Waals surface area contributed by atoms with Gasteiger partial charge >= 0.3 is 10.7 Å². The van der Waals surface area contributed by atoms with E-state index in [4.69, 9.17) is 12.6 Å². The first-order valence-electron chi connectivity index (χ1n) is 9.55. The van der Waals surface area contributed by atoms with Gasteiger partial charge in [-0.1, -0.05) is 48.5 Å². The Morgan fingerprint density at radius 3 is 2.35 bits per heavy atom. The van der Waals surface area contributed by atoms with Crippen LogP contribution in [0.15, 0.2) is 100 Å². The fourth-order valence-electron chi connectivity index (χ4n) is 2.96. The van der Waals surface area contributed by atoms with Gasteiger partial charge in [0.1, 0.15) is 4.88 Å². The van der Waals surface area contributed by atoms with Crippen molar-refractivity contribution in [3.05, 3.63) is 111 Å². The Hall–Kier alpha value is -3.62. The van der Waals surface area contributed by atoms with E-state index in [2.05, 4.69) is 32.6 Å². The average Bonchev–Trinajstić information content (AvgIpc) is 3.16. The van der Waals surface area contributed by atoms with Gasteiger partial charge in [-0.2, -0.15) is 10.1 Å². The van der Waals surface area contributed by atoms with E-state index in [-0.39, 0.29) is 10.0 Å². The summed E-state index contributed by atoms with van der Waals surface area (Å²) in [5, 5.41) is 4.38. The number of aromatic amines is 1. The molecule has 2 aromatic carbocycles. The lowest BCUT2D eigenvalue weighted by Gasteiger charge is -2.09. The van der Waals surface area contributed by atoms with Crippen molar-refractivity contribution in [2.75, 3.05) is 0 Å². The maximum atomic E-state index is 12.0. The van der Waals surface area contributed by atoms with E-state index in [0.717, 1.165) is 23.4 Å². The molecule has 0 aliphatic rings. The normalized spacial score (nSPS) is 11.7. The minimum absolute atomic E-state index is 0.158. The molecule has 0 saturated carbocycles. The van der Waals surface area contributed by atoms with Gasteiger partial charge in [0.05, 0.1) is 24.3 Å². The maximum Gasteiger partial charge on any atom is 0.390 e. The monoisotopic (exact) mass is 445 g/mol. The van der Waals surface area contributed by atoms with Crippen molar-refractivity contribution in [3.8, 4) is 5.82 Å². The van der Waals surface area contributed by atoms with Crippen LogP contribution >= 0.6 is 11.3 Å². The summed E-state index contributed by atoms with van der Waals surface area (Å²) in [4.78, 5) is 19.6. The van der Waals surface area contributed by atoms with Crippen LogP contribution in [0.1, 0.15) is 16.0 Å². The molecule has 31 heavy (non-hydrogen) atoms. The molecule has 2 aromatic heterocycles. The van der Waals surface area contributed by atoms with Gasteiger partial charge in [0.25, 0.3) is 0 Å². The molecule has 0 fully saturated rings. The zero-order chi connectivity index (χ0) is 21.5. The summed E-state index contributed by atoms with van der Waals surface area (Å²) in [6.07, 6.45) is 6.27. The molecule has 0 amide bonds. The first-order chi connectivity index (χ1) is 15.2. The van der Waals surface area contributed by atoms with Gasteiger partial charge in [-0.15, -0.1) is 0 Å². The van der Waals surface area contributed by atoms with E-state index in [0.29, 0.717) is 10.7 Å². The highest BCUT2D eigenvalue weighted by Gasteiger charge is 2.16. The second kappa shape index (κ2) is 9.92. The van der Waals surface area contributed by atoms with E-state index < -0.39 is 0 Å². The van der Waals surface area contributed by atoms with E-state index >= 15 is 0 Å². The molecule has 2 heterocycles. The van der Waals surface area contributed by atoms with Gasteiger partial charge in [0, 0.05) is 5.17 Å². The van der Waals surface area contributed by atoms with E-state index in [1.165, 1.54) is 11.1 Å². The molecule has 0 aliphatic heterocycles. The Labute approximate surface area is 189 Å². The molecule has 4 aromatic rings. The zero-order valence-electron chi connectivity index (χ0n) is 16.4. The van der Waals surface area contributed by atoms with Crippen molar-refractivity contribution in [2.45, 2.75) is 6.42 Å². The number of hydrazone groups is 1. The van der Waals surface area contributed by atoms with Crippen LogP contribution in [0.3, 0.4) is 0 Å². The van der Waals surface area contributed by atoms with Crippen molar-refractivity contribution in [1.29, 1.82) is 0 Å². The summed E-state index contributed by atoms with van der Waals surface area (Å²) in [6.45, 7) is 0. The Kier molecular flexibility index (Phi) is 6.61. The van der Waals surface area contributed by atoms with Crippen molar-refractivity contribution in [1.82, 2.24) is 10.4 Å². The highest BCUT2D eigenvalue weighted by atomic mass is 32.1. The first-order valence-corrected chi connectivity index (χ1v) is 10.8. The number of nitrogens with zero attached hydrogens (tertiary/aromatic N) is 3. The van der Waals surface area contributed by atoms with Gasteiger partial charge in [0.15, 0.2) is 0 Å². The number of thiazole rings is 1. The van der Waals surface area contributed by atoms with Gasteiger partial charge < -0.3 is 12.6 Å². The molecule has 0 atom stereocenters. The molecular formula is C23H19N5OS2. The molecule has 4 rings (SSSR count). The van der Waals surface area contributed by atoms with Crippen LogP contribution in [0.25, 0.3) is 5.82 Å². The van der Waals surface area contributed by atoms with Crippen molar-refractivity contribution >= 4 is 41.0 Å². The molecule has 154 valence electrons. The quantitative estimate of drug-likeness (QED) is 0.157. The molecular weight excluding hydrogens is 426 g/mol. The third-order valence-corrected chi connectivity index (χ3v) is 5.38. The number of amidine groups is 1. The molecule has 0 radical (unpaired) electrons. The first kappa shape index (κ1) is 20.6. The Morgan fingerprint density at radius 2 is 1.65 bits per heavy atom. The number of benzene rings is 2. The van der Waals surface area contributed by atoms with Crippen molar-refractivity contribution in [3.63, 3.8) is 0 Å². The summed E-state index contributed by atoms with van der Waals surface area (Å²) in [6, 6.07) is 23.8. The molecule has 6 nitrogen and oxygen atoms in total. The Bertz CT molecular complexity index is 1250. The maximum absolute atomic E-state index is 12.0. The van der Waals surface area contributed by atoms with Crippen LogP contribution in [0.4, 0.5) is 5.69 Å². The molecule has 0 spiro atoms. The number of pyridine rings is 1. The van der Waals surface area contributed by atoms with Crippen molar-refractivity contribution < 1.29 is 4.57 Å². The van der Waals surface area contributed by atoms with Crippen LogP contribution in [0.5, 0.6) is 0 Å². The minimum atomic E-state index is -0.158. The molecule has 0 saturated heterocycles. The smallest absolute Gasteiger partial charge is 0.390 e. The molecule has 0 unspecified atom stereocenters. The second-order valence-corrected chi connectivity index (χ2v) is 8.03. The van der Waals surface area contributed by atoms with Crippen LogP contribution in [-0.2, 0) is 19.0 Å². The lowest BCUT2D eigenvalue weighted by Crippen LogP contribution is -2.32. The summed E-state index contributed by atoms with van der Waals surface area (Å²) in [7, 11) is 0. The SMILES string of the molecule is O=c1[nH]c(-[n+]2ccc(Cc3ccccc3)cc2)c(C=NNC([S-])=Nc2ccccc2)s1. The predicted octanol–water partition coefficient (Wildman–Crippen LogP) is 3.46. The van der Waals surface area contributed by atoms with Crippen LogP contribution < -0.4 is 14.9 Å². The fourth-order valence-corrected chi connectivity index (χ4v) is 3.82. The molecule has 8 heteroatoms. The van der Waals surface area contributed by atoms with Gasteiger partial charge in [0.2, 0.25) is 0 Å². The third kappa shape index (κ3) is 5.71. The third-order valence-electron chi connectivity index (χ3n) is 4.39. The Balaban J connectivity index is 1.47. The minimum Gasteiger partial charge on any atom is -0.741 e. The summed E-state index contributed by atoms with van der Waals surface area (Å²) in [5.74, 6) is 0.651. The molecule has 0 aliphatic carbocycles. The van der Waals surface area contributed by atoms with E-state index in [1.807, 2.05) is 77.6 Å². The fraction of sp³-hybridized carbons (Fsp3) is 0.0435. The number of hydrogen-bond donors (Lipinski definition) is 2. The lowest BCUT2D eigenvalue weighted by atomic mass is 10.1. The van der Waals surface area contributed by atoms with Gasteiger partial charge in [-0.05, 0) is 53.1 Å². The van der Waals surface area contributed by atoms with Crippen LogP contribution in [0.2, 0.25) is 0 Å². The summed E-state index contributed by atoms with van der Waals surface area (Å²) < 4.78 is 1.86. The van der Waals surface area contributed by atoms with E-state index in [1.54, 1.807) is 6.21 Å². The number of rotatable bonds is 6. The molecule has 2 N–H and O–H groups in total. The number of aliphatic imine (C=N–C) groups is 1. The number of hydrogen-bond acceptors (Lipinski definition) is 5. The van der Waals surface area contributed by atoms with Crippen LogP contribution in [-0.4, -0.2) is 16.4 Å². The van der Waals surface area contributed by atoms with Gasteiger partial charge in [-0.3, -0.25) is 10.4 Å². The largest absolute Gasteiger partial charge is 0.741 e. The van der Waals surface area contributed by atoms with Gasteiger partial charge in [-0.25, -0.2) is 9.36 Å².